The highest BCUT2D eigenvalue weighted by Crippen LogP contribution is 2.35. The molecule has 1 unspecified atom stereocenters. The van der Waals surface area contributed by atoms with E-state index < -0.39 is 28.7 Å². The molecule has 13 heteroatoms. The lowest BCUT2D eigenvalue weighted by Crippen LogP contribution is -2.28. The van der Waals surface area contributed by atoms with Crippen molar-refractivity contribution >= 4 is 46.8 Å². The van der Waals surface area contributed by atoms with Gasteiger partial charge in [-0.3, -0.25) is 19.6 Å². The van der Waals surface area contributed by atoms with Crippen LogP contribution in [-0.4, -0.2) is 33.0 Å². The second-order valence-electron chi connectivity index (χ2n) is 7.38. The first-order chi connectivity index (χ1) is 16.6. The summed E-state index contributed by atoms with van der Waals surface area (Å²) in [5.41, 5.74) is 0.185. The molecule has 2 N–H and O–H groups in total. The molecular formula is C22H16ClF3N6O2S. The summed E-state index contributed by atoms with van der Waals surface area (Å²) in [7, 11) is 0. The number of rotatable bonds is 6. The molecule has 4 rings (SSSR count). The maximum absolute atomic E-state index is 13.0. The van der Waals surface area contributed by atoms with Crippen LogP contribution in [0.25, 0.3) is 0 Å². The van der Waals surface area contributed by atoms with Crippen LogP contribution in [-0.2, 0) is 11.0 Å². The predicted molar refractivity (Wildman–Crippen MR) is 124 cm³/mol. The maximum atomic E-state index is 13.0. The van der Waals surface area contributed by atoms with Gasteiger partial charge in [0.25, 0.3) is 11.8 Å². The fourth-order valence-electron chi connectivity index (χ4n) is 3.13. The summed E-state index contributed by atoms with van der Waals surface area (Å²) in [6.07, 6.45) is 3.90. The molecule has 3 aromatic rings. The van der Waals surface area contributed by atoms with Crippen molar-refractivity contribution in [2.45, 2.75) is 25.2 Å². The van der Waals surface area contributed by atoms with Crippen LogP contribution < -0.4 is 10.6 Å². The number of carbonyl (C=O) groups excluding carboxylic acids is 2. The minimum atomic E-state index is -4.69. The molecule has 2 atom stereocenters. The summed E-state index contributed by atoms with van der Waals surface area (Å²) >= 11 is 6.54. The van der Waals surface area contributed by atoms with E-state index in [0.717, 1.165) is 23.1 Å². The molecule has 1 aliphatic rings. The lowest BCUT2D eigenvalue weighted by molar-refractivity contribution is -0.137. The van der Waals surface area contributed by atoms with Crippen LogP contribution in [0.4, 0.5) is 19.0 Å². The summed E-state index contributed by atoms with van der Waals surface area (Å²) in [4.78, 5) is 41.4. The van der Waals surface area contributed by atoms with Crippen molar-refractivity contribution in [2.24, 2.45) is 4.99 Å². The number of alkyl halides is 3. The number of nitrogens with one attached hydrogen (secondary N) is 2. The third-order valence-electron chi connectivity index (χ3n) is 4.89. The molecule has 0 saturated carbocycles. The van der Waals surface area contributed by atoms with Crippen LogP contribution in [0.3, 0.4) is 0 Å². The van der Waals surface area contributed by atoms with Crippen molar-refractivity contribution in [1.82, 2.24) is 20.3 Å². The number of nitrogens with zero attached hydrogens (tertiary/aromatic N) is 4. The summed E-state index contributed by atoms with van der Waals surface area (Å²) in [5, 5.41) is 4.96. The van der Waals surface area contributed by atoms with Gasteiger partial charge in [0.05, 0.1) is 34.4 Å². The van der Waals surface area contributed by atoms with Crippen molar-refractivity contribution in [3.8, 4) is 0 Å². The van der Waals surface area contributed by atoms with E-state index in [4.69, 9.17) is 11.6 Å². The fourth-order valence-corrected chi connectivity index (χ4v) is 4.16. The topological polar surface area (TPSA) is 109 Å². The summed E-state index contributed by atoms with van der Waals surface area (Å²) in [6, 6.07) is 3.47. The maximum Gasteiger partial charge on any atom is 0.418 e. The van der Waals surface area contributed by atoms with Crippen LogP contribution in [0.2, 0.25) is 5.02 Å². The number of pyridine rings is 2. The standard InChI is InChI=1S/C22H16ClF3N6O2S/c1-11(31-19(33)13-6-16(28-8-13)12-2-4-27-5-3-12)21-30-10-17(35-21)20(34)32-18-7-14(22(24,25)26)15(23)9-29-18/h2-11,16H,1H3,(H,31,33)(H,29,32,34)/t11-,16?/m1/s1. The number of hydrogen-bond acceptors (Lipinski definition) is 7. The highest BCUT2D eigenvalue weighted by atomic mass is 35.5. The number of carbonyl (C=O) groups is 2. The van der Waals surface area contributed by atoms with Crippen LogP contribution in [0.1, 0.15) is 44.8 Å². The molecule has 3 aromatic heterocycles. The van der Waals surface area contributed by atoms with E-state index in [9.17, 15) is 22.8 Å². The van der Waals surface area contributed by atoms with Gasteiger partial charge in [-0.05, 0) is 36.8 Å². The van der Waals surface area contributed by atoms with E-state index in [1.165, 1.54) is 12.4 Å². The normalized spacial score (nSPS) is 16.0. The Morgan fingerprint density at radius 3 is 2.60 bits per heavy atom. The van der Waals surface area contributed by atoms with Crippen LogP contribution >= 0.6 is 22.9 Å². The number of amides is 2. The molecule has 1 aliphatic heterocycles. The van der Waals surface area contributed by atoms with Gasteiger partial charge in [0.15, 0.2) is 0 Å². The number of hydrogen-bond donors (Lipinski definition) is 2. The van der Waals surface area contributed by atoms with E-state index >= 15 is 0 Å². The first-order valence-corrected chi connectivity index (χ1v) is 11.3. The predicted octanol–water partition coefficient (Wildman–Crippen LogP) is 4.79. The summed E-state index contributed by atoms with van der Waals surface area (Å²) in [6.45, 7) is 1.70. The zero-order valence-electron chi connectivity index (χ0n) is 17.9. The van der Waals surface area contributed by atoms with Crippen molar-refractivity contribution in [3.63, 3.8) is 0 Å². The number of aliphatic imine (C=N–C) groups is 1. The molecule has 0 radical (unpaired) electrons. The minimum absolute atomic E-state index is 0.130. The van der Waals surface area contributed by atoms with Gasteiger partial charge >= 0.3 is 6.18 Å². The van der Waals surface area contributed by atoms with Gasteiger partial charge in [-0.1, -0.05) is 11.6 Å². The van der Waals surface area contributed by atoms with Gasteiger partial charge < -0.3 is 10.6 Å². The van der Waals surface area contributed by atoms with Gasteiger partial charge in [-0.25, -0.2) is 9.97 Å². The van der Waals surface area contributed by atoms with Gasteiger partial charge in [0.2, 0.25) is 0 Å². The molecule has 0 fully saturated rings. The van der Waals surface area contributed by atoms with E-state index in [-0.39, 0.29) is 22.6 Å². The molecule has 0 spiro atoms. The lowest BCUT2D eigenvalue weighted by Gasteiger charge is -2.11. The third-order valence-corrected chi connectivity index (χ3v) is 6.37. The number of thiazole rings is 1. The smallest absolute Gasteiger partial charge is 0.343 e. The molecule has 0 bridgehead atoms. The van der Waals surface area contributed by atoms with E-state index in [2.05, 4.69) is 30.6 Å². The van der Waals surface area contributed by atoms with Crippen molar-refractivity contribution in [2.75, 3.05) is 5.32 Å². The Morgan fingerprint density at radius 2 is 1.89 bits per heavy atom. The zero-order chi connectivity index (χ0) is 25.2. The second kappa shape index (κ2) is 9.92. The summed E-state index contributed by atoms with van der Waals surface area (Å²) < 4.78 is 39.1. The van der Waals surface area contributed by atoms with E-state index in [1.54, 1.807) is 25.4 Å². The largest absolute Gasteiger partial charge is 0.418 e. The number of halogens is 4. The molecule has 0 aliphatic carbocycles. The Hall–Kier alpha value is -3.64. The molecule has 8 nitrogen and oxygen atoms in total. The van der Waals surface area contributed by atoms with Crippen LogP contribution in [0.5, 0.6) is 0 Å². The zero-order valence-corrected chi connectivity index (χ0v) is 19.4. The number of anilines is 1. The minimum Gasteiger partial charge on any atom is -0.343 e. The van der Waals surface area contributed by atoms with E-state index in [0.29, 0.717) is 16.6 Å². The Balaban J connectivity index is 1.39. The Labute approximate surface area is 206 Å². The van der Waals surface area contributed by atoms with Crippen LogP contribution in [0.15, 0.2) is 59.6 Å². The Kier molecular flexibility index (Phi) is 6.94. The highest BCUT2D eigenvalue weighted by Gasteiger charge is 2.34. The molecule has 2 amide bonds. The fraction of sp³-hybridized carbons (Fsp3) is 0.182. The third kappa shape index (κ3) is 5.72. The van der Waals surface area contributed by atoms with Crippen molar-refractivity contribution in [1.29, 1.82) is 0 Å². The van der Waals surface area contributed by atoms with Gasteiger partial charge in [-0.15, -0.1) is 11.3 Å². The van der Waals surface area contributed by atoms with Crippen LogP contribution in [0, 0.1) is 0 Å². The SMILES string of the molecule is C[C@@H](NC(=O)C1=CC(c2ccncc2)N=C1)c1ncc(C(=O)Nc2cc(C(F)(F)F)c(Cl)cn2)s1. The average Bonchev–Trinajstić information content (AvgIpc) is 3.51. The number of aromatic nitrogens is 3. The monoisotopic (exact) mass is 520 g/mol. The highest BCUT2D eigenvalue weighted by molar-refractivity contribution is 7.13. The molecule has 4 heterocycles. The first-order valence-electron chi connectivity index (χ1n) is 10.1. The van der Waals surface area contributed by atoms with Gasteiger partial charge in [0.1, 0.15) is 15.7 Å². The first kappa shape index (κ1) is 24.5. The second-order valence-corrected chi connectivity index (χ2v) is 8.85. The van der Waals surface area contributed by atoms with Gasteiger partial charge in [0, 0.05) is 24.8 Å². The quantitative estimate of drug-likeness (QED) is 0.486. The van der Waals surface area contributed by atoms with Crippen molar-refractivity contribution < 1.29 is 22.8 Å². The summed E-state index contributed by atoms with van der Waals surface area (Å²) in [5.74, 6) is -1.36. The molecule has 35 heavy (non-hydrogen) atoms. The molecule has 0 saturated heterocycles. The molecular weight excluding hydrogens is 505 g/mol. The Morgan fingerprint density at radius 1 is 1.14 bits per heavy atom. The lowest BCUT2D eigenvalue weighted by atomic mass is 10.1. The Bertz CT molecular complexity index is 1330. The average molecular weight is 521 g/mol. The molecule has 180 valence electrons. The van der Waals surface area contributed by atoms with Gasteiger partial charge in [-0.2, -0.15) is 13.2 Å². The van der Waals surface area contributed by atoms with E-state index in [1.807, 2.05) is 12.1 Å². The molecule has 0 aromatic carbocycles. The van der Waals surface area contributed by atoms with Crippen molar-refractivity contribution in [3.05, 3.63) is 80.7 Å².